The fourth-order valence-corrected chi connectivity index (χ4v) is 2.36. The number of halogens is 1. The smallest absolute Gasteiger partial charge is 0.119 e. The van der Waals surface area contributed by atoms with Gasteiger partial charge in [-0.25, -0.2) is 0 Å². The molecule has 0 radical (unpaired) electrons. The Hall–Kier alpha value is -1.51. The van der Waals surface area contributed by atoms with Gasteiger partial charge in [0, 0.05) is 11.1 Å². The third-order valence-corrected chi connectivity index (χ3v) is 3.54. The van der Waals surface area contributed by atoms with Gasteiger partial charge in [-0.05, 0) is 49.1 Å². The normalized spacial score (nSPS) is 12.2. The van der Waals surface area contributed by atoms with Gasteiger partial charge in [0.15, 0.2) is 0 Å². The van der Waals surface area contributed by atoms with Crippen molar-refractivity contribution in [3.63, 3.8) is 0 Å². The van der Waals surface area contributed by atoms with Crippen LogP contribution >= 0.6 is 11.6 Å². The summed E-state index contributed by atoms with van der Waals surface area (Å²) in [5, 5.41) is 0.796. The molecule has 0 heterocycles. The maximum absolute atomic E-state index is 6.22. The van der Waals surface area contributed by atoms with Crippen LogP contribution in [-0.2, 0) is 6.42 Å². The van der Waals surface area contributed by atoms with Crippen LogP contribution in [0.2, 0.25) is 5.02 Å². The molecule has 0 saturated heterocycles. The van der Waals surface area contributed by atoms with Crippen molar-refractivity contribution >= 4 is 11.6 Å². The van der Waals surface area contributed by atoms with Crippen LogP contribution in [0.1, 0.15) is 17.5 Å². The van der Waals surface area contributed by atoms with Gasteiger partial charge in [-0.3, -0.25) is 0 Å². The average molecular weight is 290 g/mol. The number of nitrogens with two attached hydrogens (primary N) is 1. The molecule has 0 spiro atoms. The first-order valence-electron chi connectivity index (χ1n) is 6.83. The highest BCUT2D eigenvalue weighted by atomic mass is 35.5. The standard InChI is InChI=1S/C17H20ClNO/c1-13-7-8-14(17(18)11-13)12-15(19)9-10-20-16-5-3-2-4-6-16/h2-8,11,15H,9-10,12,19H2,1H3. The summed E-state index contributed by atoms with van der Waals surface area (Å²) in [5.74, 6) is 0.882. The third-order valence-electron chi connectivity index (χ3n) is 3.19. The molecule has 0 aliphatic rings. The van der Waals surface area contributed by atoms with E-state index < -0.39 is 0 Å². The minimum Gasteiger partial charge on any atom is -0.494 e. The van der Waals surface area contributed by atoms with Crippen molar-refractivity contribution in [1.29, 1.82) is 0 Å². The van der Waals surface area contributed by atoms with Crippen molar-refractivity contribution in [2.45, 2.75) is 25.8 Å². The van der Waals surface area contributed by atoms with Gasteiger partial charge in [-0.2, -0.15) is 0 Å². The lowest BCUT2D eigenvalue weighted by Gasteiger charge is -2.14. The number of hydrogen-bond donors (Lipinski definition) is 1. The molecule has 0 amide bonds. The van der Waals surface area contributed by atoms with E-state index in [0.29, 0.717) is 6.61 Å². The van der Waals surface area contributed by atoms with E-state index in [0.717, 1.165) is 29.2 Å². The molecule has 1 unspecified atom stereocenters. The van der Waals surface area contributed by atoms with Gasteiger partial charge in [0.25, 0.3) is 0 Å². The number of aryl methyl sites for hydroxylation is 1. The van der Waals surface area contributed by atoms with E-state index in [9.17, 15) is 0 Å². The first kappa shape index (κ1) is 14.9. The Morgan fingerprint density at radius 1 is 1.15 bits per heavy atom. The zero-order valence-electron chi connectivity index (χ0n) is 11.7. The molecule has 106 valence electrons. The van der Waals surface area contributed by atoms with Gasteiger partial charge in [-0.15, -0.1) is 0 Å². The largest absolute Gasteiger partial charge is 0.494 e. The molecule has 20 heavy (non-hydrogen) atoms. The Bertz CT molecular complexity index is 542. The first-order valence-corrected chi connectivity index (χ1v) is 7.21. The molecule has 0 aliphatic heterocycles. The van der Waals surface area contributed by atoms with Gasteiger partial charge in [0.05, 0.1) is 6.61 Å². The van der Waals surface area contributed by atoms with Crippen LogP contribution in [0.3, 0.4) is 0 Å². The first-order chi connectivity index (χ1) is 9.65. The second-order valence-electron chi connectivity index (χ2n) is 5.01. The van der Waals surface area contributed by atoms with E-state index in [-0.39, 0.29) is 6.04 Å². The molecule has 1 atom stereocenters. The van der Waals surface area contributed by atoms with E-state index in [2.05, 4.69) is 12.1 Å². The van der Waals surface area contributed by atoms with E-state index in [1.54, 1.807) is 0 Å². The molecular formula is C17H20ClNO. The molecule has 2 aromatic carbocycles. The summed E-state index contributed by atoms with van der Waals surface area (Å²) in [6.45, 7) is 2.65. The molecule has 2 nitrogen and oxygen atoms in total. The van der Waals surface area contributed by atoms with E-state index in [1.807, 2.05) is 43.3 Å². The van der Waals surface area contributed by atoms with Crippen LogP contribution in [0.15, 0.2) is 48.5 Å². The van der Waals surface area contributed by atoms with Gasteiger partial charge < -0.3 is 10.5 Å². The summed E-state index contributed by atoms with van der Waals surface area (Å²) in [6, 6.07) is 15.9. The molecule has 2 rings (SSSR count). The molecular weight excluding hydrogens is 270 g/mol. The Morgan fingerprint density at radius 3 is 2.60 bits per heavy atom. The highest BCUT2D eigenvalue weighted by molar-refractivity contribution is 6.31. The van der Waals surface area contributed by atoms with Gasteiger partial charge in [-0.1, -0.05) is 41.9 Å². The molecule has 0 aromatic heterocycles. The molecule has 2 aromatic rings. The van der Waals surface area contributed by atoms with Crippen molar-refractivity contribution in [2.75, 3.05) is 6.61 Å². The molecule has 2 N–H and O–H groups in total. The zero-order chi connectivity index (χ0) is 14.4. The molecule has 0 bridgehead atoms. The lowest BCUT2D eigenvalue weighted by molar-refractivity contribution is 0.297. The van der Waals surface area contributed by atoms with Crippen LogP contribution in [0.5, 0.6) is 5.75 Å². The molecule has 0 aliphatic carbocycles. The van der Waals surface area contributed by atoms with Crippen molar-refractivity contribution in [2.24, 2.45) is 5.73 Å². The minimum atomic E-state index is 0.0546. The second-order valence-corrected chi connectivity index (χ2v) is 5.42. The monoisotopic (exact) mass is 289 g/mol. The molecule has 0 fully saturated rings. The summed E-state index contributed by atoms with van der Waals surface area (Å²) in [4.78, 5) is 0. The number of ether oxygens (including phenoxy) is 1. The summed E-state index contributed by atoms with van der Waals surface area (Å²) in [5.41, 5.74) is 8.41. The maximum Gasteiger partial charge on any atom is 0.119 e. The molecule has 3 heteroatoms. The average Bonchev–Trinajstić information content (AvgIpc) is 2.43. The summed E-state index contributed by atoms with van der Waals surface area (Å²) in [7, 11) is 0. The number of benzene rings is 2. The van der Waals surface area contributed by atoms with Crippen LogP contribution in [0, 0.1) is 6.92 Å². The number of para-hydroxylation sites is 1. The highest BCUT2D eigenvalue weighted by Gasteiger charge is 2.08. The topological polar surface area (TPSA) is 35.2 Å². The van der Waals surface area contributed by atoms with Crippen LogP contribution in [0.25, 0.3) is 0 Å². The third kappa shape index (κ3) is 4.55. The fraction of sp³-hybridized carbons (Fsp3) is 0.294. The van der Waals surface area contributed by atoms with E-state index in [4.69, 9.17) is 22.1 Å². The summed E-state index contributed by atoms with van der Waals surface area (Å²) >= 11 is 6.22. The SMILES string of the molecule is Cc1ccc(CC(N)CCOc2ccccc2)c(Cl)c1. The van der Waals surface area contributed by atoms with Crippen molar-refractivity contribution in [3.8, 4) is 5.75 Å². The van der Waals surface area contributed by atoms with Gasteiger partial charge >= 0.3 is 0 Å². The predicted octanol–water partition coefficient (Wildman–Crippen LogP) is 3.99. The zero-order valence-corrected chi connectivity index (χ0v) is 12.4. The lowest BCUT2D eigenvalue weighted by Crippen LogP contribution is -2.25. The molecule has 0 saturated carbocycles. The van der Waals surface area contributed by atoms with Crippen molar-refractivity contribution in [1.82, 2.24) is 0 Å². The Balaban J connectivity index is 1.79. The second kappa shape index (κ2) is 7.32. The van der Waals surface area contributed by atoms with Crippen LogP contribution in [0.4, 0.5) is 0 Å². The van der Waals surface area contributed by atoms with Crippen molar-refractivity contribution < 1.29 is 4.74 Å². The van der Waals surface area contributed by atoms with Crippen molar-refractivity contribution in [3.05, 3.63) is 64.7 Å². The summed E-state index contributed by atoms with van der Waals surface area (Å²) < 4.78 is 5.65. The van der Waals surface area contributed by atoms with E-state index >= 15 is 0 Å². The maximum atomic E-state index is 6.22. The van der Waals surface area contributed by atoms with E-state index in [1.165, 1.54) is 5.56 Å². The Morgan fingerprint density at radius 2 is 1.90 bits per heavy atom. The predicted molar refractivity (Wildman–Crippen MR) is 84.4 cm³/mol. The van der Waals surface area contributed by atoms with Crippen LogP contribution < -0.4 is 10.5 Å². The Labute approximate surface area is 125 Å². The highest BCUT2D eigenvalue weighted by Crippen LogP contribution is 2.19. The quantitative estimate of drug-likeness (QED) is 0.873. The van der Waals surface area contributed by atoms with Gasteiger partial charge in [0.2, 0.25) is 0 Å². The minimum absolute atomic E-state index is 0.0546. The lowest BCUT2D eigenvalue weighted by atomic mass is 10.0. The van der Waals surface area contributed by atoms with Crippen LogP contribution in [-0.4, -0.2) is 12.6 Å². The van der Waals surface area contributed by atoms with Gasteiger partial charge in [0.1, 0.15) is 5.75 Å². The fourth-order valence-electron chi connectivity index (χ4n) is 2.05. The number of hydrogen-bond acceptors (Lipinski definition) is 2. The number of rotatable bonds is 6. The Kier molecular flexibility index (Phi) is 5.45. The summed E-state index contributed by atoms with van der Waals surface area (Å²) in [6.07, 6.45) is 1.58.